The van der Waals surface area contributed by atoms with Crippen LogP contribution in [-0.2, 0) is 4.74 Å². The molecular weight excluding hydrogens is 239 g/mol. The molecule has 1 amide bonds. The average Bonchev–Trinajstić information content (AvgIpc) is 2.31. The summed E-state index contributed by atoms with van der Waals surface area (Å²) in [6, 6.07) is 3.80. The molecule has 0 bridgehead atoms. The van der Waals surface area contributed by atoms with Gasteiger partial charge in [-0.05, 0) is 18.2 Å². The smallest absolute Gasteiger partial charge is 0.256 e. The molecule has 0 radical (unpaired) electrons. The Hall–Kier alpha value is -1.66. The summed E-state index contributed by atoms with van der Waals surface area (Å²) in [5.41, 5.74) is 5.71. The van der Waals surface area contributed by atoms with E-state index in [1.165, 1.54) is 31.2 Å². The lowest BCUT2D eigenvalue weighted by Crippen LogP contribution is -2.36. The first-order chi connectivity index (χ1) is 8.45. The highest BCUT2D eigenvalue weighted by atomic mass is 19.1. The number of anilines is 1. The van der Waals surface area contributed by atoms with Crippen molar-refractivity contribution in [2.24, 2.45) is 0 Å². The van der Waals surface area contributed by atoms with Crippen LogP contribution in [0.3, 0.4) is 0 Å². The van der Waals surface area contributed by atoms with Crippen molar-refractivity contribution in [1.29, 1.82) is 0 Å². The van der Waals surface area contributed by atoms with Crippen LogP contribution in [0.15, 0.2) is 18.2 Å². The molecule has 0 aliphatic carbocycles. The molecule has 5 nitrogen and oxygen atoms in total. The molecule has 1 atom stereocenters. The Bertz CT molecular complexity index is 426. The van der Waals surface area contributed by atoms with Crippen LogP contribution >= 0.6 is 0 Å². The van der Waals surface area contributed by atoms with Gasteiger partial charge in [0.25, 0.3) is 5.91 Å². The maximum Gasteiger partial charge on any atom is 0.256 e. The molecule has 1 aromatic rings. The summed E-state index contributed by atoms with van der Waals surface area (Å²) in [6.07, 6.45) is -0.812. The SMILES string of the molecule is COCC(O)CN(C)C(=O)c1cc(N)ccc1F. The van der Waals surface area contributed by atoms with Gasteiger partial charge in [-0.2, -0.15) is 0 Å². The highest BCUT2D eigenvalue weighted by molar-refractivity contribution is 5.95. The van der Waals surface area contributed by atoms with Crippen LogP contribution in [0.5, 0.6) is 0 Å². The number of hydrogen-bond donors (Lipinski definition) is 2. The topological polar surface area (TPSA) is 75.8 Å². The molecule has 0 spiro atoms. The van der Waals surface area contributed by atoms with Crippen molar-refractivity contribution in [3.05, 3.63) is 29.6 Å². The lowest BCUT2D eigenvalue weighted by Gasteiger charge is -2.20. The van der Waals surface area contributed by atoms with Crippen LogP contribution in [0.4, 0.5) is 10.1 Å². The van der Waals surface area contributed by atoms with E-state index in [-0.39, 0.29) is 18.7 Å². The van der Waals surface area contributed by atoms with Crippen molar-refractivity contribution in [2.75, 3.05) is 33.0 Å². The third-order valence-electron chi connectivity index (χ3n) is 2.41. The second-order valence-electron chi connectivity index (χ2n) is 4.03. The Morgan fingerprint density at radius 1 is 1.61 bits per heavy atom. The van der Waals surface area contributed by atoms with E-state index in [1.807, 2.05) is 0 Å². The van der Waals surface area contributed by atoms with E-state index in [0.29, 0.717) is 5.69 Å². The van der Waals surface area contributed by atoms with E-state index in [1.54, 1.807) is 0 Å². The molecule has 0 aliphatic heterocycles. The first-order valence-corrected chi connectivity index (χ1v) is 5.43. The second kappa shape index (κ2) is 6.32. The van der Waals surface area contributed by atoms with Gasteiger partial charge in [0.2, 0.25) is 0 Å². The largest absolute Gasteiger partial charge is 0.399 e. The minimum atomic E-state index is -0.812. The molecule has 1 unspecified atom stereocenters. The predicted octanol–water partition coefficient (Wildman–Crippen LogP) is 0.487. The molecule has 0 fully saturated rings. The van der Waals surface area contributed by atoms with Gasteiger partial charge in [-0.15, -0.1) is 0 Å². The summed E-state index contributed by atoms with van der Waals surface area (Å²) in [4.78, 5) is 13.2. The van der Waals surface area contributed by atoms with E-state index >= 15 is 0 Å². The van der Waals surface area contributed by atoms with Gasteiger partial charge in [0, 0.05) is 26.4 Å². The van der Waals surface area contributed by atoms with Crippen LogP contribution in [-0.4, -0.2) is 49.3 Å². The normalized spacial score (nSPS) is 12.2. The highest BCUT2D eigenvalue weighted by Crippen LogP contribution is 2.14. The number of amides is 1. The number of nitrogen functional groups attached to an aromatic ring is 1. The molecule has 6 heteroatoms. The number of methoxy groups -OCH3 is 1. The Labute approximate surface area is 105 Å². The summed E-state index contributed by atoms with van der Waals surface area (Å²) in [5.74, 6) is -1.17. The number of carbonyl (C=O) groups excluding carboxylic acids is 1. The number of rotatable bonds is 5. The molecule has 18 heavy (non-hydrogen) atoms. The minimum Gasteiger partial charge on any atom is -0.399 e. The second-order valence-corrected chi connectivity index (χ2v) is 4.03. The van der Waals surface area contributed by atoms with Gasteiger partial charge in [-0.3, -0.25) is 4.79 Å². The number of carbonyl (C=O) groups is 1. The molecule has 1 aromatic carbocycles. The van der Waals surface area contributed by atoms with E-state index in [9.17, 15) is 14.3 Å². The number of ether oxygens (including phenoxy) is 1. The first-order valence-electron chi connectivity index (χ1n) is 5.43. The molecule has 0 aliphatic rings. The number of benzene rings is 1. The van der Waals surface area contributed by atoms with Gasteiger partial charge in [0.15, 0.2) is 0 Å². The maximum absolute atomic E-state index is 13.5. The highest BCUT2D eigenvalue weighted by Gasteiger charge is 2.18. The van der Waals surface area contributed by atoms with Crippen molar-refractivity contribution < 1.29 is 19.0 Å². The summed E-state index contributed by atoms with van der Waals surface area (Å²) < 4.78 is 18.2. The number of hydrogen-bond acceptors (Lipinski definition) is 4. The zero-order valence-corrected chi connectivity index (χ0v) is 10.4. The number of aliphatic hydroxyl groups excluding tert-OH is 1. The zero-order valence-electron chi connectivity index (χ0n) is 10.4. The van der Waals surface area contributed by atoms with Gasteiger partial charge >= 0.3 is 0 Å². The molecule has 0 heterocycles. The van der Waals surface area contributed by atoms with Crippen molar-refractivity contribution in [2.45, 2.75) is 6.10 Å². The fraction of sp³-hybridized carbons (Fsp3) is 0.417. The Balaban J connectivity index is 2.77. The van der Waals surface area contributed by atoms with Gasteiger partial charge in [-0.1, -0.05) is 0 Å². The van der Waals surface area contributed by atoms with E-state index < -0.39 is 17.8 Å². The standard InChI is InChI=1S/C12H17FN2O3/c1-15(6-9(16)7-18-2)12(17)10-5-8(14)3-4-11(10)13/h3-5,9,16H,6-7,14H2,1-2H3. The third kappa shape index (κ3) is 3.68. The molecule has 0 aromatic heterocycles. The number of nitrogens with zero attached hydrogens (tertiary/aromatic N) is 1. The third-order valence-corrected chi connectivity index (χ3v) is 2.41. The molecule has 100 valence electrons. The summed E-state index contributed by atoms with van der Waals surface area (Å²) in [7, 11) is 2.92. The van der Waals surface area contributed by atoms with E-state index in [4.69, 9.17) is 10.5 Å². The van der Waals surface area contributed by atoms with Crippen molar-refractivity contribution in [3.8, 4) is 0 Å². The zero-order chi connectivity index (χ0) is 13.7. The molecule has 0 saturated carbocycles. The van der Waals surface area contributed by atoms with Gasteiger partial charge in [-0.25, -0.2) is 4.39 Å². The molecular formula is C12H17FN2O3. The molecule has 1 rings (SSSR count). The average molecular weight is 256 g/mol. The summed E-state index contributed by atoms with van der Waals surface area (Å²) >= 11 is 0. The molecule has 0 saturated heterocycles. The number of aliphatic hydroxyl groups is 1. The van der Waals surface area contributed by atoms with Crippen molar-refractivity contribution >= 4 is 11.6 Å². The van der Waals surface area contributed by atoms with Crippen LogP contribution in [0.2, 0.25) is 0 Å². The first kappa shape index (κ1) is 14.4. The fourth-order valence-corrected chi connectivity index (χ4v) is 1.56. The molecule has 3 N–H and O–H groups in total. The Kier molecular flexibility index (Phi) is 5.06. The van der Waals surface area contributed by atoms with E-state index in [0.717, 1.165) is 6.07 Å². The van der Waals surface area contributed by atoms with Gasteiger partial charge in [0.05, 0.1) is 18.3 Å². The quantitative estimate of drug-likeness (QED) is 0.752. The van der Waals surface area contributed by atoms with Crippen LogP contribution < -0.4 is 5.73 Å². The minimum absolute atomic E-state index is 0.0565. The fourth-order valence-electron chi connectivity index (χ4n) is 1.56. The van der Waals surface area contributed by atoms with Gasteiger partial charge in [0.1, 0.15) is 5.82 Å². The van der Waals surface area contributed by atoms with Crippen molar-refractivity contribution in [3.63, 3.8) is 0 Å². The lowest BCUT2D eigenvalue weighted by molar-refractivity contribution is 0.0378. The predicted molar refractivity (Wildman–Crippen MR) is 65.7 cm³/mol. The summed E-state index contributed by atoms with van der Waals surface area (Å²) in [5, 5.41) is 9.50. The van der Waals surface area contributed by atoms with E-state index in [2.05, 4.69) is 0 Å². The Morgan fingerprint density at radius 2 is 2.28 bits per heavy atom. The van der Waals surface area contributed by atoms with Crippen LogP contribution in [0.1, 0.15) is 10.4 Å². The number of halogens is 1. The number of nitrogens with two attached hydrogens (primary N) is 1. The van der Waals surface area contributed by atoms with Gasteiger partial charge < -0.3 is 20.5 Å². The van der Waals surface area contributed by atoms with Crippen LogP contribution in [0.25, 0.3) is 0 Å². The monoisotopic (exact) mass is 256 g/mol. The summed E-state index contributed by atoms with van der Waals surface area (Å²) in [6.45, 7) is 0.165. The number of likely N-dealkylation sites (N-methyl/N-ethyl adjacent to an activating group) is 1. The Morgan fingerprint density at radius 3 is 2.89 bits per heavy atom. The maximum atomic E-state index is 13.5. The lowest BCUT2D eigenvalue weighted by atomic mass is 10.1. The van der Waals surface area contributed by atoms with Crippen molar-refractivity contribution in [1.82, 2.24) is 4.90 Å². The van der Waals surface area contributed by atoms with Crippen LogP contribution in [0, 0.1) is 5.82 Å².